The zero-order valence-corrected chi connectivity index (χ0v) is 22.8. The van der Waals surface area contributed by atoms with E-state index in [9.17, 15) is 9.18 Å². The van der Waals surface area contributed by atoms with Gasteiger partial charge in [0, 0.05) is 26.2 Å². The highest BCUT2D eigenvalue weighted by molar-refractivity contribution is 5.76. The normalized spacial score (nSPS) is 14.1. The average Bonchev–Trinajstić information content (AvgIpc) is 2.88. The Morgan fingerprint density at radius 2 is 1.82 bits per heavy atom. The zero-order valence-electron chi connectivity index (χ0n) is 22.8. The van der Waals surface area contributed by atoms with E-state index < -0.39 is 5.82 Å². The maximum atomic E-state index is 15.0. The fraction of sp³-hybridized carbons (Fsp3) is 0.414. The van der Waals surface area contributed by atoms with E-state index in [2.05, 4.69) is 36.9 Å². The number of piperazine rings is 1. The Balaban J connectivity index is 1.72. The third-order valence-corrected chi connectivity index (χ3v) is 6.91. The second kappa shape index (κ2) is 11.8. The molecule has 1 saturated heterocycles. The summed E-state index contributed by atoms with van der Waals surface area (Å²) in [5, 5.41) is 0. The van der Waals surface area contributed by atoms with E-state index in [4.69, 9.17) is 25.2 Å². The van der Waals surface area contributed by atoms with Gasteiger partial charge in [-0.2, -0.15) is 0 Å². The minimum absolute atomic E-state index is 0.218. The zero-order chi connectivity index (χ0) is 27.4. The summed E-state index contributed by atoms with van der Waals surface area (Å²) in [6, 6.07) is 10.9. The van der Waals surface area contributed by atoms with Crippen LogP contribution in [0.15, 0.2) is 36.4 Å². The van der Waals surface area contributed by atoms with Crippen LogP contribution in [0, 0.1) is 19.7 Å². The number of carbonyl (C=O) groups excluding carboxylic acids is 1. The molecule has 1 aliphatic rings. The van der Waals surface area contributed by atoms with Crippen LogP contribution in [0.2, 0.25) is 0 Å². The van der Waals surface area contributed by atoms with Crippen molar-refractivity contribution in [3.8, 4) is 22.9 Å². The number of hydrogen-bond acceptors (Lipinski definition) is 7. The lowest BCUT2D eigenvalue weighted by atomic mass is 10.0. The number of nitrogens with zero attached hydrogens (tertiary/aromatic N) is 4. The van der Waals surface area contributed by atoms with E-state index in [1.165, 1.54) is 18.7 Å². The number of benzene rings is 2. The number of rotatable bonds is 9. The maximum Gasteiger partial charge on any atom is 0.231 e. The van der Waals surface area contributed by atoms with Crippen molar-refractivity contribution in [2.24, 2.45) is 5.73 Å². The summed E-state index contributed by atoms with van der Waals surface area (Å²) in [5.41, 5.74) is 9.40. The third kappa shape index (κ3) is 6.05. The van der Waals surface area contributed by atoms with Crippen LogP contribution in [0.3, 0.4) is 0 Å². The molecule has 3 aromatic rings. The summed E-state index contributed by atoms with van der Waals surface area (Å²) in [7, 11) is 1.50. The van der Waals surface area contributed by atoms with E-state index in [1.807, 2.05) is 18.7 Å². The molecular formula is C29H36FN5O3. The summed E-state index contributed by atoms with van der Waals surface area (Å²) < 4.78 is 26.7. The molecule has 1 amide bonds. The summed E-state index contributed by atoms with van der Waals surface area (Å²) in [5.74, 6) is 1.71. The lowest BCUT2D eigenvalue weighted by Gasteiger charge is -2.36. The fourth-order valence-corrected chi connectivity index (χ4v) is 4.63. The Morgan fingerprint density at radius 1 is 1.08 bits per heavy atom. The number of carbonyl (C=O) groups is 1. The minimum Gasteiger partial charge on any atom is -0.496 e. The van der Waals surface area contributed by atoms with Gasteiger partial charge in [-0.1, -0.05) is 32.0 Å². The van der Waals surface area contributed by atoms with Gasteiger partial charge >= 0.3 is 0 Å². The van der Waals surface area contributed by atoms with Gasteiger partial charge in [0.15, 0.2) is 5.82 Å². The summed E-state index contributed by atoms with van der Waals surface area (Å²) in [4.78, 5) is 25.1. The maximum absolute atomic E-state index is 15.0. The van der Waals surface area contributed by atoms with Crippen molar-refractivity contribution in [2.75, 3.05) is 44.7 Å². The molecule has 4 rings (SSSR count). The highest BCUT2D eigenvalue weighted by atomic mass is 19.1. The number of anilines is 1. The first-order valence-corrected chi connectivity index (χ1v) is 12.9. The SMILES string of the molecule is COc1cccc(F)c1-c1nc(C)c(COc2cc(C(C)C)ccc2C)c(N2CCN(CC(N)=O)CC2)n1. The van der Waals surface area contributed by atoms with Crippen LogP contribution in [0.4, 0.5) is 10.2 Å². The number of aromatic nitrogens is 2. The molecule has 1 fully saturated rings. The predicted molar refractivity (Wildman–Crippen MR) is 146 cm³/mol. The largest absolute Gasteiger partial charge is 0.496 e. The first kappa shape index (κ1) is 27.3. The molecule has 8 nitrogen and oxygen atoms in total. The van der Waals surface area contributed by atoms with Crippen LogP contribution in [-0.2, 0) is 11.4 Å². The monoisotopic (exact) mass is 521 g/mol. The van der Waals surface area contributed by atoms with E-state index in [0.29, 0.717) is 49.4 Å². The standard InChI is InChI=1S/C29H36FN5O3/c1-18(2)21-10-9-19(3)25(15-21)38-17-22-20(4)32-28(27-23(30)7-6-8-24(27)37-5)33-29(22)35-13-11-34(12-14-35)16-26(31)36/h6-10,15,18H,11-14,16-17H2,1-5H3,(H2,31,36). The number of nitrogens with two attached hydrogens (primary N) is 1. The van der Waals surface area contributed by atoms with Crippen molar-refractivity contribution in [1.29, 1.82) is 0 Å². The van der Waals surface area contributed by atoms with Gasteiger partial charge in [-0.3, -0.25) is 9.69 Å². The summed E-state index contributed by atoms with van der Waals surface area (Å²) in [6.45, 7) is 11.3. The van der Waals surface area contributed by atoms with Crippen molar-refractivity contribution in [2.45, 2.75) is 40.2 Å². The Labute approximate surface area is 223 Å². The van der Waals surface area contributed by atoms with Crippen LogP contribution in [0.25, 0.3) is 11.4 Å². The first-order valence-electron chi connectivity index (χ1n) is 12.9. The van der Waals surface area contributed by atoms with E-state index >= 15 is 0 Å². The fourth-order valence-electron chi connectivity index (χ4n) is 4.63. The van der Waals surface area contributed by atoms with Crippen LogP contribution in [-0.4, -0.2) is 60.6 Å². The van der Waals surface area contributed by atoms with Crippen LogP contribution >= 0.6 is 0 Å². The summed E-state index contributed by atoms with van der Waals surface area (Å²) in [6.07, 6.45) is 0. The molecule has 0 saturated carbocycles. The van der Waals surface area contributed by atoms with Gasteiger partial charge in [0.1, 0.15) is 29.7 Å². The lowest BCUT2D eigenvalue weighted by molar-refractivity contribution is -0.119. The molecule has 0 atom stereocenters. The average molecular weight is 522 g/mol. The molecule has 0 bridgehead atoms. The minimum atomic E-state index is -0.453. The molecule has 0 spiro atoms. The molecule has 2 heterocycles. The molecule has 202 valence electrons. The van der Waals surface area contributed by atoms with Gasteiger partial charge in [-0.25, -0.2) is 14.4 Å². The quantitative estimate of drug-likeness (QED) is 0.451. The Morgan fingerprint density at radius 3 is 2.47 bits per heavy atom. The molecule has 1 aliphatic heterocycles. The van der Waals surface area contributed by atoms with Crippen molar-refractivity contribution >= 4 is 11.7 Å². The highest BCUT2D eigenvalue weighted by Gasteiger charge is 2.26. The molecule has 0 unspecified atom stereocenters. The van der Waals surface area contributed by atoms with Gasteiger partial charge in [0.2, 0.25) is 5.91 Å². The number of halogens is 1. The Hall–Kier alpha value is -3.72. The van der Waals surface area contributed by atoms with Crippen LogP contribution in [0.1, 0.15) is 42.1 Å². The second-order valence-electron chi connectivity index (χ2n) is 9.95. The van der Waals surface area contributed by atoms with Crippen molar-refractivity contribution in [3.63, 3.8) is 0 Å². The topological polar surface area (TPSA) is 93.8 Å². The first-order chi connectivity index (χ1) is 18.2. The molecule has 0 aliphatic carbocycles. The molecule has 1 aromatic heterocycles. The molecule has 2 aromatic carbocycles. The number of methoxy groups -OCH3 is 1. The molecule has 0 radical (unpaired) electrons. The second-order valence-corrected chi connectivity index (χ2v) is 9.95. The molecule has 2 N–H and O–H groups in total. The molecule has 9 heteroatoms. The number of primary amides is 1. The van der Waals surface area contributed by atoms with Crippen LogP contribution in [0.5, 0.6) is 11.5 Å². The van der Waals surface area contributed by atoms with E-state index in [0.717, 1.165) is 16.9 Å². The van der Waals surface area contributed by atoms with E-state index in [1.54, 1.807) is 12.1 Å². The van der Waals surface area contributed by atoms with Gasteiger partial charge in [0.05, 0.1) is 30.5 Å². The smallest absolute Gasteiger partial charge is 0.231 e. The Bertz CT molecular complexity index is 1310. The molecule has 38 heavy (non-hydrogen) atoms. The van der Waals surface area contributed by atoms with Crippen molar-refractivity contribution in [3.05, 3.63) is 64.6 Å². The number of amides is 1. The van der Waals surface area contributed by atoms with Gasteiger partial charge in [-0.05, 0) is 49.1 Å². The lowest BCUT2D eigenvalue weighted by Crippen LogP contribution is -2.49. The van der Waals surface area contributed by atoms with Crippen LogP contribution < -0.4 is 20.1 Å². The Kier molecular flexibility index (Phi) is 8.46. The summed E-state index contributed by atoms with van der Waals surface area (Å²) >= 11 is 0. The number of hydrogen-bond donors (Lipinski definition) is 1. The van der Waals surface area contributed by atoms with Gasteiger partial charge in [-0.15, -0.1) is 0 Å². The van der Waals surface area contributed by atoms with E-state index in [-0.39, 0.29) is 30.4 Å². The predicted octanol–water partition coefficient (Wildman–Crippen LogP) is 4.22. The highest BCUT2D eigenvalue weighted by Crippen LogP contribution is 2.34. The number of ether oxygens (including phenoxy) is 2. The molecular weight excluding hydrogens is 485 g/mol. The van der Waals surface area contributed by atoms with Crippen molar-refractivity contribution < 1.29 is 18.7 Å². The van der Waals surface area contributed by atoms with Gasteiger partial charge < -0.3 is 20.1 Å². The van der Waals surface area contributed by atoms with Crippen molar-refractivity contribution in [1.82, 2.24) is 14.9 Å². The third-order valence-electron chi connectivity index (χ3n) is 6.91. The van der Waals surface area contributed by atoms with Gasteiger partial charge in [0.25, 0.3) is 0 Å². The number of aryl methyl sites for hydroxylation is 2.